The highest BCUT2D eigenvalue weighted by atomic mass is 35.5. The van der Waals surface area contributed by atoms with Crippen LogP contribution in [0.5, 0.6) is 0 Å². The van der Waals surface area contributed by atoms with Gasteiger partial charge in [-0.1, -0.05) is 17.7 Å². The summed E-state index contributed by atoms with van der Waals surface area (Å²) in [4.78, 5) is 4.10. The summed E-state index contributed by atoms with van der Waals surface area (Å²) in [5, 5.41) is 12.7. The summed E-state index contributed by atoms with van der Waals surface area (Å²) in [7, 11) is 0. The molecule has 3 rings (SSSR count). The molecule has 1 aromatic rings. The van der Waals surface area contributed by atoms with Crippen molar-refractivity contribution in [3.05, 3.63) is 34.6 Å². The molecule has 0 spiro atoms. The van der Waals surface area contributed by atoms with Gasteiger partial charge in [0.1, 0.15) is 11.2 Å². The van der Waals surface area contributed by atoms with E-state index in [0.717, 1.165) is 31.0 Å². The van der Waals surface area contributed by atoms with Crippen molar-refractivity contribution in [2.75, 3.05) is 13.1 Å². The van der Waals surface area contributed by atoms with E-state index in [0.29, 0.717) is 16.6 Å². The average Bonchev–Trinajstić information content (AvgIpc) is 2.83. The summed E-state index contributed by atoms with van der Waals surface area (Å²) in [6.45, 7) is 2.19. The second-order valence-corrected chi connectivity index (χ2v) is 5.34. The Morgan fingerprint density at radius 3 is 3.17 bits per heavy atom. The molecule has 0 aromatic carbocycles. The number of pyridine rings is 1. The average molecular weight is 260 g/mol. The van der Waals surface area contributed by atoms with Crippen LogP contribution in [0.25, 0.3) is 5.57 Å². The van der Waals surface area contributed by atoms with Gasteiger partial charge in [-0.25, -0.2) is 4.98 Å². The summed E-state index contributed by atoms with van der Waals surface area (Å²) in [6.07, 6.45) is 6.44. The number of nitrogens with zero attached hydrogens (tertiary/aromatic N) is 2. The molecule has 1 saturated heterocycles. The fourth-order valence-electron chi connectivity index (χ4n) is 2.91. The predicted molar refractivity (Wildman–Crippen MR) is 71.0 cm³/mol. The number of hydrogen-bond acceptors (Lipinski definition) is 3. The van der Waals surface area contributed by atoms with Crippen molar-refractivity contribution in [1.29, 1.82) is 5.26 Å². The molecule has 1 N–H and O–H groups in total. The second-order valence-electron chi connectivity index (χ2n) is 4.99. The van der Waals surface area contributed by atoms with Crippen molar-refractivity contribution in [3.8, 4) is 6.07 Å². The first-order chi connectivity index (χ1) is 8.78. The molecule has 1 aromatic heterocycles. The van der Waals surface area contributed by atoms with Gasteiger partial charge >= 0.3 is 0 Å². The maximum absolute atomic E-state index is 8.99. The van der Waals surface area contributed by atoms with Gasteiger partial charge in [-0.3, -0.25) is 0 Å². The van der Waals surface area contributed by atoms with Crippen molar-refractivity contribution < 1.29 is 0 Å². The molecule has 0 bridgehead atoms. The number of aromatic nitrogens is 1. The summed E-state index contributed by atoms with van der Waals surface area (Å²) < 4.78 is 0. The highest BCUT2D eigenvalue weighted by Gasteiger charge is 2.30. The van der Waals surface area contributed by atoms with Crippen LogP contribution in [0, 0.1) is 23.2 Å². The van der Waals surface area contributed by atoms with Crippen LogP contribution in [-0.4, -0.2) is 18.1 Å². The zero-order valence-electron chi connectivity index (χ0n) is 9.99. The first-order valence-electron chi connectivity index (χ1n) is 6.25. The Balaban J connectivity index is 1.90. The Labute approximate surface area is 111 Å². The third-order valence-electron chi connectivity index (χ3n) is 3.91. The van der Waals surface area contributed by atoms with Crippen molar-refractivity contribution in [1.82, 2.24) is 10.3 Å². The molecule has 92 valence electrons. The monoisotopic (exact) mass is 259 g/mol. The molecular formula is C14H14ClN3. The van der Waals surface area contributed by atoms with Gasteiger partial charge in [0, 0.05) is 12.7 Å². The molecule has 3 nitrogen and oxygen atoms in total. The maximum atomic E-state index is 8.99. The molecule has 4 heteroatoms. The third-order valence-corrected chi connectivity index (χ3v) is 4.21. The van der Waals surface area contributed by atoms with Crippen LogP contribution in [0.15, 0.2) is 18.3 Å². The Kier molecular flexibility index (Phi) is 3.07. The van der Waals surface area contributed by atoms with E-state index in [1.807, 2.05) is 6.07 Å². The number of rotatable bonds is 1. The van der Waals surface area contributed by atoms with Crippen LogP contribution in [-0.2, 0) is 0 Å². The highest BCUT2D eigenvalue weighted by molar-refractivity contribution is 6.30. The quantitative estimate of drug-likeness (QED) is 0.789. The molecule has 0 radical (unpaired) electrons. The lowest BCUT2D eigenvalue weighted by atomic mass is 9.89. The first-order valence-corrected chi connectivity index (χ1v) is 6.63. The van der Waals surface area contributed by atoms with Crippen molar-refractivity contribution in [3.63, 3.8) is 0 Å². The zero-order chi connectivity index (χ0) is 12.5. The lowest BCUT2D eigenvalue weighted by Crippen LogP contribution is -2.33. The molecule has 2 heterocycles. The van der Waals surface area contributed by atoms with E-state index in [1.54, 1.807) is 6.20 Å². The number of piperidine rings is 1. The lowest BCUT2D eigenvalue weighted by molar-refractivity contribution is 0.323. The number of nitriles is 1. The normalized spacial score (nSPS) is 26.3. The second kappa shape index (κ2) is 4.72. The molecule has 1 fully saturated rings. The van der Waals surface area contributed by atoms with Crippen LogP contribution >= 0.6 is 11.6 Å². The Morgan fingerprint density at radius 2 is 2.39 bits per heavy atom. The molecule has 18 heavy (non-hydrogen) atoms. The van der Waals surface area contributed by atoms with Gasteiger partial charge in [-0.05, 0) is 48.4 Å². The van der Waals surface area contributed by atoms with E-state index in [-0.39, 0.29) is 0 Å². The molecule has 0 amide bonds. The predicted octanol–water partition coefficient (Wildman–Crippen LogP) is 2.62. The number of allylic oxidation sites excluding steroid dienone is 1. The fourth-order valence-corrected chi connectivity index (χ4v) is 3.06. The van der Waals surface area contributed by atoms with Crippen LogP contribution < -0.4 is 5.32 Å². The smallest absolute Gasteiger partial charge is 0.146 e. The maximum Gasteiger partial charge on any atom is 0.146 e. The van der Waals surface area contributed by atoms with Gasteiger partial charge in [0.25, 0.3) is 0 Å². The van der Waals surface area contributed by atoms with E-state index >= 15 is 0 Å². The molecule has 1 aliphatic carbocycles. The van der Waals surface area contributed by atoms with Crippen LogP contribution in [0.1, 0.15) is 24.0 Å². The number of hydrogen-bond donors (Lipinski definition) is 1. The van der Waals surface area contributed by atoms with Gasteiger partial charge in [-0.15, -0.1) is 0 Å². The Hall–Kier alpha value is -1.37. The van der Waals surface area contributed by atoms with Gasteiger partial charge in [-0.2, -0.15) is 5.26 Å². The molecule has 1 aliphatic heterocycles. The van der Waals surface area contributed by atoms with E-state index < -0.39 is 0 Å². The Morgan fingerprint density at radius 1 is 1.50 bits per heavy atom. The third kappa shape index (κ3) is 2.03. The van der Waals surface area contributed by atoms with Gasteiger partial charge < -0.3 is 5.32 Å². The van der Waals surface area contributed by atoms with E-state index in [4.69, 9.17) is 16.9 Å². The van der Waals surface area contributed by atoms with Crippen LogP contribution in [0.3, 0.4) is 0 Å². The van der Waals surface area contributed by atoms with E-state index in [9.17, 15) is 0 Å². The molecule has 2 aliphatic rings. The summed E-state index contributed by atoms with van der Waals surface area (Å²) in [5.74, 6) is 1.39. The minimum absolute atomic E-state index is 0.291. The van der Waals surface area contributed by atoms with Crippen molar-refractivity contribution in [2.24, 2.45) is 11.8 Å². The van der Waals surface area contributed by atoms with Crippen LogP contribution in [0.2, 0.25) is 5.15 Å². The minimum atomic E-state index is 0.291. The van der Waals surface area contributed by atoms with Gasteiger partial charge in [0.05, 0.1) is 5.56 Å². The SMILES string of the molecule is N#Cc1cc(C2=CC3CNCCC3C2)cnc1Cl. The standard InChI is InChI=1S/C14H14ClN3/c15-14-11(6-16)5-13(8-18-14)10-3-9-1-2-17-7-12(9)4-10/h4-5,8-9,12,17H,1-3,7H2. The molecular weight excluding hydrogens is 246 g/mol. The largest absolute Gasteiger partial charge is 0.316 e. The van der Waals surface area contributed by atoms with Crippen molar-refractivity contribution >= 4 is 17.2 Å². The molecule has 2 unspecified atom stereocenters. The van der Waals surface area contributed by atoms with Crippen molar-refractivity contribution in [2.45, 2.75) is 12.8 Å². The minimum Gasteiger partial charge on any atom is -0.316 e. The zero-order valence-corrected chi connectivity index (χ0v) is 10.7. The number of nitrogens with one attached hydrogen (secondary N) is 1. The highest BCUT2D eigenvalue weighted by Crippen LogP contribution is 2.39. The topological polar surface area (TPSA) is 48.7 Å². The number of halogens is 1. The fraction of sp³-hybridized carbons (Fsp3) is 0.429. The van der Waals surface area contributed by atoms with Crippen LogP contribution in [0.4, 0.5) is 0 Å². The Bertz CT molecular complexity index is 544. The van der Waals surface area contributed by atoms with Gasteiger partial charge in [0.2, 0.25) is 0 Å². The lowest BCUT2D eigenvalue weighted by Gasteiger charge is -2.25. The van der Waals surface area contributed by atoms with E-state index in [2.05, 4.69) is 22.4 Å². The summed E-state index contributed by atoms with van der Waals surface area (Å²) in [6, 6.07) is 3.94. The summed E-state index contributed by atoms with van der Waals surface area (Å²) >= 11 is 5.86. The summed E-state index contributed by atoms with van der Waals surface area (Å²) in [5.41, 5.74) is 2.82. The molecule has 0 saturated carbocycles. The first kappa shape index (κ1) is 11.7. The van der Waals surface area contributed by atoms with Gasteiger partial charge in [0.15, 0.2) is 0 Å². The molecule has 2 atom stereocenters. The van der Waals surface area contributed by atoms with E-state index in [1.165, 1.54) is 12.0 Å². The number of fused-ring (bicyclic) bond motifs is 1.